The molecule has 10 saturated heterocycles. The van der Waals surface area contributed by atoms with E-state index in [1.165, 1.54) is 41.9 Å². The number of fused-ring (bicyclic) bond motifs is 4. The summed E-state index contributed by atoms with van der Waals surface area (Å²) in [5.74, 6) is -7.74. The van der Waals surface area contributed by atoms with Gasteiger partial charge in [-0.2, -0.15) is 0 Å². The van der Waals surface area contributed by atoms with E-state index in [0.29, 0.717) is 0 Å². The number of halogens is 2. The highest BCUT2D eigenvalue weighted by Crippen LogP contribution is 2.53. The summed E-state index contributed by atoms with van der Waals surface area (Å²) in [6.45, 7) is 12.9. The van der Waals surface area contributed by atoms with Gasteiger partial charge in [0.1, 0.15) is 96.2 Å². The molecule has 11 rings (SSSR count). The summed E-state index contributed by atoms with van der Waals surface area (Å²) in [6, 6.07) is 0. The molecule has 0 amide bonds. The van der Waals surface area contributed by atoms with Gasteiger partial charge in [0.15, 0.2) is 66.4 Å². The number of phenols is 2. The van der Waals surface area contributed by atoms with Crippen molar-refractivity contribution in [3.8, 4) is 11.5 Å². The number of carbonyl (C=O) groups excluding carboxylic acids is 3. The van der Waals surface area contributed by atoms with Crippen molar-refractivity contribution in [1.82, 2.24) is 0 Å². The number of aliphatic hydroxyl groups is 6. The summed E-state index contributed by atoms with van der Waals surface area (Å²) in [5, 5.41) is 90.1. The Morgan fingerprint density at radius 3 is 2.00 bits per heavy atom. The largest absolute Gasteiger partial charge is 0.505 e. The Morgan fingerprint density at radius 1 is 0.641 bits per heavy atom. The van der Waals surface area contributed by atoms with Gasteiger partial charge in [-0.1, -0.05) is 30.1 Å². The number of benzene rings is 1. The van der Waals surface area contributed by atoms with E-state index >= 15 is 0 Å². The molecule has 8 N–H and O–H groups in total. The van der Waals surface area contributed by atoms with Gasteiger partial charge in [0.2, 0.25) is 6.29 Å². The Morgan fingerprint density at radius 2 is 1.33 bits per heavy atom. The van der Waals surface area contributed by atoms with Gasteiger partial charge in [0.25, 0.3) is 5.97 Å². The molecular weight excluding hydrogens is 1280 g/mol. The van der Waals surface area contributed by atoms with Crippen molar-refractivity contribution in [3.63, 3.8) is 0 Å². The quantitative estimate of drug-likeness (QED) is 0.0998. The monoisotopic (exact) mass is 1360 g/mol. The maximum absolute atomic E-state index is 13.3. The van der Waals surface area contributed by atoms with Gasteiger partial charge in [-0.3, -0.25) is 9.59 Å². The average molecular weight is 1360 g/mol. The molecule has 10 aliphatic rings. The summed E-state index contributed by atoms with van der Waals surface area (Å²) in [6.07, 6.45) is -34.9. The van der Waals surface area contributed by atoms with Crippen LogP contribution in [0.4, 0.5) is 0 Å². The number of phenolic OH excluding ortho intramolecular Hbond substituents is 2. The summed E-state index contributed by atoms with van der Waals surface area (Å²) in [7, 11) is 2.74. The van der Waals surface area contributed by atoms with Gasteiger partial charge in [0, 0.05) is 33.5 Å². The van der Waals surface area contributed by atoms with E-state index in [-0.39, 0.29) is 56.3 Å². The third-order valence-electron chi connectivity index (χ3n) is 18.8. The van der Waals surface area contributed by atoms with Crippen molar-refractivity contribution in [2.24, 2.45) is 0 Å². The number of Topliss-reactive ketones (excluding diaryl/α,β-unsaturated/α-hetero) is 1. The number of aromatic hydroxyl groups is 2. The lowest BCUT2D eigenvalue weighted by Gasteiger charge is -2.49. The molecule has 520 valence electrons. The molecule has 34 heteroatoms. The van der Waals surface area contributed by atoms with Crippen molar-refractivity contribution in [2.45, 2.75) is 277 Å². The summed E-state index contributed by atoms with van der Waals surface area (Å²) in [4.78, 5) is 39.1. The molecule has 0 aromatic heterocycles. The molecule has 1 aromatic rings. The third-order valence-corrected chi connectivity index (χ3v) is 19.6. The number of ether oxygens (including phenoxy) is 21. The molecule has 1 unspecified atom stereocenters. The average Bonchev–Trinajstić information content (AvgIpc) is 1.53. The van der Waals surface area contributed by atoms with Crippen molar-refractivity contribution in [3.05, 3.63) is 21.2 Å². The number of methoxy groups -OCH3 is 2. The first-order valence-electron chi connectivity index (χ1n) is 30.5. The summed E-state index contributed by atoms with van der Waals surface area (Å²) < 4.78 is 129. The molecule has 0 bridgehead atoms. The number of hydrogen-bond acceptors (Lipinski definition) is 32. The number of esters is 2. The number of hydrogen-bond donors (Lipinski definition) is 8. The number of ketones is 1. The molecule has 92 heavy (non-hydrogen) atoms. The summed E-state index contributed by atoms with van der Waals surface area (Å²) in [5.41, 5.74) is -3.77. The molecule has 10 heterocycles. The van der Waals surface area contributed by atoms with Crippen LogP contribution in [0.25, 0.3) is 0 Å². The van der Waals surface area contributed by atoms with Gasteiger partial charge in [-0.05, 0) is 61.0 Å². The van der Waals surface area contributed by atoms with Gasteiger partial charge < -0.3 is 140 Å². The second-order valence-electron chi connectivity index (χ2n) is 25.1. The molecule has 10 fully saturated rings. The van der Waals surface area contributed by atoms with Gasteiger partial charge in [0.05, 0.1) is 67.4 Å². The van der Waals surface area contributed by atoms with E-state index in [0.717, 1.165) is 0 Å². The minimum Gasteiger partial charge on any atom is -0.505 e. The fraction of sp³-hybridized carbons (Fsp3) is 0.845. The maximum Gasteiger partial charge on any atom is 0.342 e. The van der Waals surface area contributed by atoms with Crippen LogP contribution in [0, 0.1) is 6.92 Å². The van der Waals surface area contributed by atoms with E-state index in [2.05, 4.69) is 0 Å². The molecular formula is C58H82Cl2O32. The number of rotatable bonds is 16. The zero-order valence-electron chi connectivity index (χ0n) is 52.2. The standard InChI is InChI=1S/C58H82Cl2O32/c1-12-30(64)81-47-45-29(89-58(90-45)50-49(75-18-76-50)57(71,24(7)61)25(8)88-58)17-74-54(47)86-52-39(68)38(67)44(28(80-52)16-72-10)85-53-40(69)46(43(73-11)21(4)79-53)83-32-15-55(9)48(23(6)78-32)91-56(92-55)14-27(63)42(22(5)87-56)82-31-13-26(62)41(20(3)77-31)84-51(70)33-19(2)34(59)37(66)35(60)36(33)65/h20-23,25-29,31-32,38-50,52-54,62-63,65-69,71H,12-18H2,1-11H3/t20-,21-,22-,23-,25-,26-,27-,28-,29+,31+,32+,38-,39+,40-,41-,42-,43+,44-,45-,46-,47-,48-,49-,50-,52+,53+,54-,55-,56?,57+,58-/m1/s1. The topological polar surface area (TPSA) is 407 Å². The van der Waals surface area contributed by atoms with Crippen LogP contribution in [0.2, 0.25) is 10.0 Å². The van der Waals surface area contributed by atoms with Crippen LogP contribution in [0.1, 0.15) is 97.0 Å². The van der Waals surface area contributed by atoms with Crippen LogP contribution < -0.4 is 0 Å². The Kier molecular flexibility index (Phi) is 20.7. The Labute approximate surface area is 537 Å². The molecule has 2 spiro atoms. The van der Waals surface area contributed by atoms with Crippen molar-refractivity contribution < 1.29 is 155 Å². The van der Waals surface area contributed by atoms with Gasteiger partial charge in [-0.25, -0.2) is 4.79 Å². The second-order valence-corrected chi connectivity index (χ2v) is 25.8. The van der Waals surface area contributed by atoms with Crippen LogP contribution in [0.15, 0.2) is 0 Å². The van der Waals surface area contributed by atoms with E-state index in [1.54, 1.807) is 34.6 Å². The van der Waals surface area contributed by atoms with Crippen LogP contribution in [-0.2, 0) is 109 Å². The Hall–Kier alpha value is -2.99. The Balaban J connectivity index is 0.712. The van der Waals surface area contributed by atoms with E-state index in [9.17, 15) is 55.2 Å². The number of carbonyl (C=O) groups is 3. The fourth-order valence-electron chi connectivity index (χ4n) is 14.1. The fourth-order valence-corrected chi connectivity index (χ4v) is 14.5. The van der Waals surface area contributed by atoms with E-state index in [1.807, 2.05) is 0 Å². The van der Waals surface area contributed by atoms with Crippen molar-refractivity contribution in [1.29, 1.82) is 0 Å². The lowest BCUT2D eigenvalue weighted by atomic mass is 9.81. The minimum absolute atomic E-state index is 0.00987. The minimum atomic E-state index is -2.14. The Bertz CT molecular complexity index is 2790. The SMILES string of the molecule is CCC(=O)O[C@H]1[C@@H](O[C@@H]2O[C@H](COC)[C@@H](O[C@@H]3O[C@H](C)[C@H](OC)[C@H](O[C@H]4C[C@@]5(C)OC6(C[C@@H](O)[C@H](O[C@H]7C[C@@H](O)[C@H](OC(=O)c8c(C)c(Cl)c(O)c(Cl)c8O)[C@@H](C)O7)[C@@H](C)O6)O[C@@H]5[C@@H](C)O4)[C@H]3O)[C@H](O)[C@@H]2O)OC[C@@H]2O[C@]3(O[C@@H]12)O[C@H](C)[C@@](O)(C(C)=O)[C@@H]1OCO[C@H]13. The van der Waals surface area contributed by atoms with Gasteiger partial charge in [-0.15, -0.1) is 0 Å². The molecule has 32 nitrogen and oxygen atoms in total. The molecule has 31 atom stereocenters. The first kappa shape index (κ1) is 70.3. The highest BCUT2D eigenvalue weighted by molar-refractivity contribution is 6.39. The van der Waals surface area contributed by atoms with Crippen LogP contribution in [0.5, 0.6) is 11.5 Å². The third kappa shape index (κ3) is 12.6. The van der Waals surface area contributed by atoms with Crippen LogP contribution in [0.3, 0.4) is 0 Å². The normalized spacial score (nSPS) is 48.4. The molecule has 0 saturated carbocycles. The molecule has 10 aliphatic heterocycles. The van der Waals surface area contributed by atoms with Crippen LogP contribution >= 0.6 is 23.2 Å². The lowest BCUT2D eigenvalue weighted by Crippen LogP contribution is -2.72. The highest BCUT2D eigenvalue weighted by atomic mass is 35.5. The highest BCUT2D eigenvalue weighted by Gasteiger charge is 2.73. The molecule has 0 aliphatic carbocycles. The van der Waals surface area contributed by atoms with Gasteiger partial charge >= 0.3 is 17.9 Å². The predicted molar refractivity (Wildman–Crippen MR) is 298 cm³/mol. The first-order chi connectivity index (χ1) is 43.4. The zero-order chi connectivity index (χ0) is 66.6. The predicted octanol–water partition coefficient (Wildman–Crippen LogP) is -0.151. The lowest BCUT2D eigenvalue weighted by molar-refractivity contribution is -0.428. The first-order valence-corrected chi connectivity index (χ1v) is 31.3. The van der Waals surface area contributed by atoms with E-state index in [4.69, 9.17) is 123 Å². The molecule has 0 radical (unpaired) electrons. The molecule has 1 aromatic carbocycles. The number of aliphatic hydroxyl groups excluding tert-OH is 5. The van der Waals surface area contributed by atoms with Crippen molar-refractivity contribution in [2.75, 3.05) is 34.2 Å². The van der Waals surface area contributed by atoms with E-state index < -0.39 is 229 Å². The second kappa shape index (κ2) is 27.0. The summed E-state index contributed by atoms with van der Waals surface area (Å²) >= 11 is 12.1. The smallest absolute Gasteiger partial charge is 0.342 e. The van der Waals surface area contributed by atoms with Crippen molar-refractivity contribution >= 4 is 40.9 Å². The zero-order valence-corrected chi connectivity index (χ0v) is 53.7. The maximum atomic E-state index is 13.3. The van der Waals surface area contributed by atoms with Crippen LogP contribution in [-0.4, -0.2) is 282 Å².